The largest absolute Gasteiger partial charge is 0.416 e. The highest BCUT2D eigenvalue weighted by Crippen LogP contribution is 2.32. The summed E-state index contributed by atoms with van der Waals surface area (Å²) in [4.78, 5) is 23.6. The van der Waals surface area contributed by atoms with Crippen molar-refractivity contribution >= 4 is 17.5 Å². The van der Waals surface area contributed by atoms with Crippen molar-refractivity contribution in [1.82, 2.24) is 5.32 Å². The molecular weight excluding hydrogens is 297 g/mol. The second-order valence-corrected chi connectivity index (χ2v) is 5.38. The molecule has 1 heterocycles. The van der Waals surface area contributed by atoms with E-state index in [1.54, 1.807) is 6.92 Å². The fraction of sp³-hybridized carbons (Fsp3) is 0.467. The van der Waals surface area contributed by atoms with Crippen LogP contribution in [0.1, 0.15) is 36.8 Å². The molecule has 1 atom stereocenters. The number of aryl methyl sites for hydroxylation is 1. The standard InChI is InChI=1S/C15H17F3N2O2/c1-9-6-7-10(15(16,17)18)8-12(9)20-14(22)11-4-2-3-5-13(21)19-11/h6-8,11H,2-5H2,1H3,(H,19,21)(H,20,22). The third kappa shape index (κ3) is 3.99. The minimum atomic E-state index is -4.47. The lowest BCUT2D eigenvalue weighted by molar-refractivity contribution is -0.137. The summed E-state index contributed by atoms with van der Waals surface area (Å²) in [5.74, 6) is -0.698. The molecule has 0 radical (unpaired) electrons. The van der Waals surface area contributed by atoms with Crippen molar-refractivity contribution in [1.29, 1.82) is 0 Å². The summed E-state index contributed by atoms with van der Waals surface area (Å²) in [6, 6.07) is 2.48. The Labute approximate surface area is 126 Å². The highest BCUT2D eigenvalue weighted by molar-refractivity contribution is 5.97. The highest BCUT2D eigenvalue weighted by Gasteiger charge is 2.31. The molecule has 1 aromatic rings. The monoisotopic (exact) mass is 314 g/mol. The molecule has 2 amide bonds. The molecule has 120 valence electrons. The molecule has 2 N–H and O–H groups in total. The van der Waals surface area contributed by atoms with E-state index >= 15 is 0 Å². The van der Waals surface area contributed by atoms with Gasteiger partial charge in [-0.2, -0.15) is 13.2 Å². The van der Waals surface area contributed by atoms with Gasteiger partial charge in [0, 0.05) is 12.1 Å². The summed E-state index contributed by atoms with van der Waals surface area (Å²) in [6.07, 6.45) is -2.19. The zero-order valence-corrected chi connectivity index (χ0v) is 12.1. The fourth-order valence-corrected chi connectivity index (χ4v) is 2.32. The molecule has 1 saturated heterocycles. The first-order valence-corrected chi connectivity index (χ1v) is 7.05. The van der Waals surface area contributed by atoms with E-state index in [-0.39, 0.29) is 11.6 Å². The van der Waals surface area contributed by atoms with Crippen LogP contribution in [-0.2, 0) is 15.8 Å². The van der Waals surface area contributed by atoms with Crippen molar-refractivity contribution in [3.05, 3.63) is 29.3 Å². The molecule has 0 aromatic heterocycles. The fourth-order valence-electron chi connectivity index (χ4n) is 2.32. The topological polar surface area (TPSA) is 58.2 Å². The third-order valence-electron chi connectivity index (χ3n) is 3.62. The summed E-state index contributed by atoms with van der Waals surface area (Å²) >= 11 is 0. The van der Waals surface area contributed by atoms with Crippen LogP contribution in [0.4, 0.5) is 18.9 Å². The highest BCUT2D eigenvalue weighted by atomic mass is 19.4. The number of amides is 2. The average Bonchev–Trinajstić information content (AvgIpc) is 2.64. The summed E-state index contributed by atoms with van der Waals surface area (Å²) < 4.78 is 38.2. The molecular formula is C15H17F3N2O2. The number of alkyl halides is 3. The van der Waals surface area contributed by atoms with Gasteiger partial charge in [0.15, 0.2) is 0 Å². The molecule has 4 nitrogen and oxygen atoms in total. The van der Waals surface area contributed by atoms with Crippen molar-refractivity contribution in [3.8, 4) is 0 Å². The maximum absolute atomic E-state index is 12.7. The predicted molar refractivity (Wildman–Crippen MR) is 75.2 cm³/mol. The van der Waals surface area contributed by atoms with Crippen LogP contribution in [0.5, 0.6) is 0 Å². The van der Waals surface area contributed by atoms with E-state index in [1.807, 2.05) is 0 Å². The number of nitrogens with one attached hydrogen (secondary N) is 2. The van der Waals surface area contributed by atoms with Gasteiger partial charge in [-0.1, -0.05) is 12.5 Å². The lowest BCUT2D eigenvalue weighted by atomic mass is 10.1. The Morgan fingerprint density at radius 1 is 1.32 bits per heavy atom. The number of carbonyl (C=O) groups is 2. The van der Waals surface area contributed by atoms with Gasteiger partial charge in [0.2, 0.25) is 11.8 Å². The zero-order chi connectivity index (χ0) is 16.3. The van der Waals surface area contributed by atoms with Crippen LogP contribution in [0, 0.1) is 6.92 Å². The van der Waals surface area contributed by atoms with Gasteiger partial charge >= 0.3 is 6.18 Å². The number of rotatable bonds is 2. The maximum atomic E-state index is 12.7. The van der Waals surface area contributed by atoms with Crippen LogP contribution in [0.15, 0.2) is 18.2 Å². The third-order valence-corrected chi connectivity index (χ3v) is 3.62. The molecule has 1 fully saturated rings. The molecule has 1 aliphatic rings. The second kappa shape index (κ2) is 6.37. The molecule has 1 aromatic carbocycles. The smallest absolute Gasteiger partial charge is 0.344 e. The molecule has 1 aliphatic heterocycles. The molecule has 2 rings (SSSR count). The molecule has 1 unspecified atom stereocenters. The minimum Gasteiger partial charge on any atom is -0.344 e. The van der Waals surface area contributed by atoms with Crippen molar-refractivity contribution in [3.63, 3.8) is 0 Å². The van der Waals surface area contributed by atoms with E-state index in [4.69, 9.17) is 0 Å². The lowest BCUT2D eigenvalue weighted by Gasteiger charge is -2.17. The van der Waals surface area contributed by atoms with Gasteiger partial charge in [0.1, 0.15) is 6.04 Å². The van der Waals surface area contributed by atoms with Crippen LogP contribution in [0.2, 0.25) is 0 Å². The zero-order valence-electron chi connectivity index (χ0n) is 12.1. The van der Waals surface area contributed by atoms with Gasteiger partial charge in [-0.05, 0) is 37.5 Å². The van der Waals surface area contributed by atoms with Crippen LogP contribution in [-0.4, -0.2) is 17.9 Å². The maximum Gasteiger partial charge on any atom is 0.416 e. The second-order valence-electron chi connectivity index (χ2n) is 5.38. The first kappa shape index (κ1) is 16.3. The number of hydrogen-bond donors (Lipinski definition) is 2. The summed E-state index contributed by atoms with van der Waals surface area (Å²) in [7, 11) is 0. The van der Waals surface area contributed by atoms with E-state index < -0.39 is 23.7 Å². The summed E-state index contributed by atoms with van der Waals surface area (Å²) in [6.45, 7) is 1.61. The van der Waals surface area contributed by atoms with E-state index in [1.165, 1.54) is 6.07 Å². The normalized spacial score (nSPS) is 19.3. The van der Waals surface area contributed by atoms with E-state index in [0.717, 1.165) is 18.6 Å². The Morgan fingerprint density at radius 2 is 2.05 bits per heavy atom. The predicted octanol–water partition coefficient (Wildman–Crippen LogP) is 3.01. The van der Waals surface area contributed by atoms with Gasteiger partial charge in [-0.15, -0.1) is 0 Å². The molecule has 0 bridgehead atoms. The molecule has 22 heavy (non-hydrogen) atoms. The van der Waals surface area contributed by atoms with Gasteiger partial charge in [0.25, 0.3) is 0 Å². The Bertz CT molecular complexity index is 585. The Morgan fingerprint density at radius 3 is 2.73 bits per heavy atom. The summed E-state index contributed by atoms with van der Waals surface area (Å²) in [5, 5.41) is 5.08. The number of hydrogen-bond acceptors (Lipinski definition) is 2. The van der Waals surface area contributed by atoms with Crippen LogP contribution >= 0.6 is 0 Å². The Hall–Kier alpha value is -2.05. The number of halogens is 3. The number of anilines is 1. The first-order valence-electron chi connectivity index (χ1n) is 7.05. The van der Waals surface area contributed by atoms with E-state index in [9.17, 15) is 22.8 Å². The van der Waals surface area contributed by atoms with Gasteiger partial charge in [-0.25, -0.2) is 0 Å². The van der Waals surface area contributed by atoms with Crippen LogP contribution in [0.25, 0.3) is 0 Å². The van der Waals surface area contributed by atoms with E-state index in [0.29, 0.717) is 24.8 Å². The quantitative estimate of drug-likeness (QED) is 0.881. The molecule has 0 aliphatic carbocycles. The molecule has 0 saturated carbocycles. The van der Waals surface area contributed by atoms with Gasteiger partial charge < -0.3 is 10.6 Å². The molecule has 0 spiro atoms. The van der Waals surface area contributed by atoms with Crippen molar-refractivity contribution in [2.45, 2.75) is 44.8 Å². The molecule has 7 heteroatoms. The van der Waals surface area contributed by atoms with E-state index in [2.05, 4.69) is 10.6 Å². The lowest BCUT2D eigenvalue weighted by Crippen LogP contribution is -2.42. The Kier molecular flexibility index (Phi) is 4.73. The average molecular weight is 314 g/mol. The number of carbonyl (C=O) groups excluding carboxylic acids is 2. The first-order chi connectivity index (χ1) is 10.3. The van der Waals surface area contributed by atoms with Crippen LogP contribution in [0.3, 0.4) is 0 Å². The van der Waals surface area contributed by atoms with Crippen molar-refractivity contribution in [2.24, 2.45) is 0 Å². The number of benzene rings is 1. The summed E-state index contributed by atoms with van der Waals surface area (Å²) in [5.41, 5.74) is -0.182. The SMILES string of the molecule is Cc1ccc(C(F)(F)F)cc1NC(=O)C1CCCCC(=O)N1. The van der Waals surface area contributed by atoms with Gasteiger partial charge in [-0.3, -0.25) is 9.59 Å². The van der Waals surface area contributed by atoms with Crippen molar-refractivity contribution < 1.29 is 22.8 Å². The Balaban J connectivity index is 2.15. The van der Waals surface area contributed by atoms with Gasteiger partial charge in [0.05, 0.1) is 5.56 Å². The van der Waals surface area contributed by atoms with Crippen LogP contribution < -0.4 is 10.6 Å². The van der Waals surface area contributed by atoms with Crippen molar-refractivity contribution in [2.75, 3.05) is 5.32 Å². The minimum absolute atomic E-state index is 0.110.